The number of rotatable bonds is 4. The van der Waals surface area contributed by atoms with Crippen molar-refractivity contribution in [3.8, 4) is 5.75 Å². The SMILES string of the molecule is Fc1ccc(CBr)cc1.O=C(CBr)c1ccc(OC(F)(F)F)cc1. The second-order valence-corrected chi connectivity index (χ2v) is 5.51. The third-order valence-corrected chi connectivity index (χ3v) is 3.76. The zero-order chi connectivity index (χ0) is 18.2. The monoisotopic (exact) mass is 470 g/mol. The molecule has 0 aliphatic carbocycles. The first-order chi connectivity index (χ1) is 11.2. The van der Waals surface area contributed by atoms with Gasteiger partial charge >= 0.3 is 6.36 Å². The highest BCUT2D eigenvalue weighted by atomic mass is 79.9. The molecule has 24 heavy (non-hydrogen) atoms. The van der Waals surface area contributed by atoms with Gasteiger partial charge in [0, 0.05) is 10.9 Å². The molecule has 2 aromatic carbocycles. The van der Waals surface area contributed by atoms with E-state index < -0.39 is 6.36 Å². The van der Waals surface area contributed by atoms with E-state index in [1.54, 1.807) is 12.1 Å². The molecular weight excluding hydrogens is 460 g/mol. The van der Waals surface area contributed by atoms with Crippen molar-refractivity contribution >= 4 is 37.6 Å². The summed E-state index contributed by atoms with van der Waals surface area (Å²) < 4.78 is 51.2. The number of carbonyl (C=O) groups excluding carboxylic acids is 1. The summed E-state index contributed by atoms with van der Waals surface area (Å²) in [6.45, 7) is 0. The molecule has 2 aromatic rings. The van der Waals surface area contributed by atoms with Crippen LogP contribution in [0.5, 0.6) is 5.75 Å². The van der Waals surface area contributed by atoms with E-state index in [0.717, 1.165) is 23.0 Å². The van der Waals surface area contributed by atoms with E-state index in [-0.39, 0.29) is 22.7 Å². The molecule has 0 spiro atoms. The Labute approximate surface area is 153 Å². The number of halogens is 6. The molecule has 0 saturated carbocycles. The van der Waals surface area contributed by atoms with Crippen LogP contribution in [0.4, 0.5) is 17.6 Å². The van der Waals surface area contributed by atoms with Gasteiger partial charge in [-0.1, -0.05) is 44.0 Å². The molecular formula is C16H12Br2F4O2. The lowest BCUT2D eigenvalue weighted by Gasteiger charge is -2.08. The summed E-state index contributed by atoms with van der Waals surface area (Å²) in [7, 11) is 0. The van der Waals surface area contributed by atoms with Crippen LogP contribution in [0.2, 0.25) is 0 Å². The third-order valence-electron chi connectivity index (χ3n) is 2.60. The van der Waals surface area contributed by atoms with Gasteiger partial charge in [-0.15, -0.1) is 13.2 Å². The summed E-state index contributed by atoms with van der Waals surface area (Å²) in [5.74, 6) is -0.720. The van der Waals surface area contributed by atoms with Gasteiger partial charge in [0.15, 0.2) is 5.78 Å². The average Bonchev–Trinajstić information content (AvgIpc) is 2.55. The summed E-state index contributed by atoms with van der Waals surface area (Å²) in [4.78, 5) is 11.1. The predicted molar refractivity (Wildman–Crippen MR) is 90.3 cm³/mol. The Kier molecular flexibility index (Phi) is 8.41. The van der Waals surface area contributed by atoms with Gasteiger partial charge in [-0.2, -0.15) is 0 Å². The van der Waals surface area contributed by atoms with Crippen molar-refractivity contribution in [3.63, 3.8) is 0 Å². The lowest BCUT2D eigenvalue weighted by molar-refractivity contribution is -0.274. The molecule has 2 rings (SSSR count). The summed E-state index contributed by atoms with van der Waals surface area (Å²) in [5.41, 5.74) is 1.43. The molecule has 0 N–H and O–H groups in total. The van der Waals surface area contributed by atoms with Gasteiger partial charge in [0.1, 0.15) is 11.6 Å². The van der Waals surface area contributed by atoms with E-state index in [4.69, 9.17) is 0 Å². The normalized spacial score (nSPS) is 10.6. The molecule has 0 aromatic heterocycles. The van der Waals surface area contributed by atoms with Crippen molar-refractivity contribution in [1.82, 2.24) is 0 Å². The smallest absolute Gasteiger partial charge is 0.406 e. The first-order valence-corrected chi connectivity index (χ1v) is 8.75. The van der Waals surface area contributed by atoms with Crippen LogP contribution >= 0.6 is 31.9 Å². The molecule has 0 atom stereocenters. The van der Waals surface area contributed by atoms with Crippen LogP contribution in [0, 0.1) is 5.82 Å². The number of ether oxygens (including phenoxy) is 1. The summed E-state index contributed by atoms with van der Waals surface area (Å²) in [6.07, 6.45) is -4.71. The van der Waals surface area contributed by atoms with Gasteiger partial charge in [-0.25, -0.2) is 4.39 Å². The number of alkyl halides is 5. The molecule has 0 saturated heterocycles. The lowest BCUT2D eigenvalue weighted by atomic mass is 10.1. The van der Waals surface area contributed by atoms with E-state index in [2.05, 4.69) is 36.6 Å². The highest BCUT2D eigenvalue weighted by Gasteiger charge is 2.30. The predicted octanol–water partition coefficient (Wildman–Crippen LogP) is 5.88. The quantitative estimate of drug-likeness (QED) is 0.316. The molecule has 8 heteroatoms. The van der Waals surface area contributed by atoms with Crippen LogP contribution in [0.25, 0.3) is 0 Å². The zero-order valence-electron chi connectivity index (χ0n) is 12.1. The molecule has 0 aliphatic rings. The van der Waals surface area contributed by atoms with Crippen LogP contribution in [-0.4, -0.2) is 17.5 Å². The van der Waals surface area contributed by atoms with Crippen molar-refractivity contribution in [3.05, 3.63) is 65.5 Å². The number of ketones is 1. The Bertz CT molecular complexity index is 641. The van der Waals surface area contributed by atoms with E-state index in [0.29, 0.717) is 5.56 Å². The van der Waals surface area contributed by atoms with Crippen LogP contribution in [0.15, 0.2) is 48.5 Å². The minimum absolute atomic E-state index is 0.131. The Balaban J connectivity index is 0.000000272. The van der Waals surface area contributed by atoms with Crippen molar-refractivity contribution in [2.45, 2.75) is 11.7 Å². The van der Waals surface area contributed by atoms with Crippen molar-refractivity contribution < 1.29 is 27.1 Å². The van der Waals surface area contributed by atoms with E-state index in [9.17, 15) is 22.4 Å². The van der Waals surface area contributed by atoms with Crippen molar-refractivity contribution in [2.75, 3.05) is 5.33 Å². The van der Waals surface area contributed by atoms with Gasteiger partial charge in [0.25, 0.3) is 0 Å². The average molecular weight is 472 g/mol. The Morgan fingerprint density at radius 2 is 1.50 bits per heavy atom. The molecule has 2 nitrogen and oxygen atoms in total. The van der Waals surface area contributed by atoms with E-state index >= 15 is 0 Å². The fourth-order valence-electron chi connectivity index (χ4n) is 1.49. The second-order valence-electron chi connectivity index (χ2n) is 4.39. The topological polar surface area (TPSA) is 26.3 Å². The van der Waals surface area contributed by atoms with E-state index in [1.807, 2.05) is 0 Å². The molecule has 0 heterocycles. The highest BCUT2D eigenvalue weighted by molar-refractivity contribution is 9.09. The number of Topliss-reactive ketones (excluding diaryl/α,β-unsaturated/α-hetero) is 1. The van der Waals surface area contributed by atoms with Crippen molar-refractivity contribution in [1.29, 1.82) is 0 Å². The van der Waals surface area contributed by atoms with Gasteiger partial charge in [-0.05, 0) is 42.0 Å². The lowest BCUT2D eigenvalue weighted by Crippen LogP contribution is -2.17. The molecule has 0 amide bonds. The fourth-order valence-corrected chi connectivity index (χ4v) is 2.19. The number of benzene rings is 2. The summed E-state index contributed by atoms with van der Waals surface area (Å²) in [6, 6.07) is 11.2. The summed E-state index contributed by atoms with van der Waals surface area (Å²) in [5, 5.41) is 0.916. The first kappa shape index (κ1) is 20.6. The van der Waals surface area contributed by atoms with Crippen LogP contribution in [0.3, 0.4) is 0 Å². The first-order valence-electron chi connectivity index (χ1n) is 6.50. The van der Waals surface area contributed by atoms with Crippen LogP contribution < -0.4 is 4.74 Å². The molecule has 0 unspecified atom stereocenters. The Hall–Kier alpha value is -1.41. The second kappa shape index (κ2) is 9.78. The minimum atomic E-state index is -4.71. The van der Waals surface area contributed by atoms with Gasteiger partial charge in [0.05, 0.1) is 5.33 Å². The van der Waals surface area contributed by atoms with E-state index in [1.165, 1.54) is 24.3 Å². The van der Waals surface area contributed by atoms with Gasteiger partial charge in [0.2, 0.25) is 0 Å². The number of hydrogen-bond acceptors (Lipinski definition) is 2. The summed E-state index contributed by atoms with van der Waals surface area (Å²) >= 11 is 6.22. The maximum atomic E-state index is 12.2. The number of carbonyl (C=O) groups is 1. The van der Waals surface area contributed by atoms with Crippen molar-refractivity contribution in [2.24, 2.45) is 0 Å². The fraction of sp³-hybridized carbons (Fsp3) is 0.188. The van der Waals surface area contributed by atoms with Crippen LogP contribution in [-0.2, 0) is 5.33 Å². The Morgan fingerprint density at radius 3 is 1.92 bits per heavy atom. The molecule has 0 aliphatic heterocycles. The number of hydrogen-bond donors (Lipinski definition) is 0. The molecule has 0 fully saturated rings. The standard InChI is InChI=1S/C9H6BrF3O2.C7H6BrF/c10-5-8(14)6-1-3-7(4-2-6)15-9(11,12)13;8-5-6-1-3-7(9)4-2-6/h1-4H,5H2;1-4H,5H2. The van der Waals surface area contributed by atoms with Crippen LogP contribution in [0.1, 0.15) is 15.9 Å². The maximum absolute atomic E-state index is 12.2. The zero-order valence-corrected chi connectivity index (χ0v) is 15.3. The Morgan fingerprint density at radius 1 is 0.958 bits per heavy atom. The van der Waals surface area contributed by atoms with Gasteiger partial charge < -0.3 is 4.74 Å². The highest BCUT2D eigenvalue weighted by Crippen LogP contribution is 2.22. The third kappa shape index (κ3) is 7.92. The maximum Gasteiger partial charge on any atom is 0.573 e. The minimum Gasteiger partial charge on any atom is -0.406 e. The van der Waals surface area contributed by atoms with Gasteiger partial charge in [-0.3, -0.25) is 4.79 Å². The molecule has 0 radical (unpaired) electrons. The largest absolute Gasteiger partial charge is 0.573 e. The molecule has 130 valence electrons. The molecule has 0 bridgehead atoms.